The molecule has 20 heavy (non-hydrogen) atoms. The fraction of sp³-hybridized carbons (Fsp3) is 0.286. The quantitative estimate of drug-likeness (QED) is 0.879. The van der Waals surface area contributed by atoms with Gasteiger partial charge in [0.05, 0.1) is 11.3 Å². The zero-order valence-electron chi connectivity index (χ0n) is 11.4. The second kappa shape index (κ2) is 6.09. The largest absolute Gasteiger partial charge is 0.478 e. The summed E-state index contributed by atoms with van der Waals surface area (Å²) < 4.78 is 2.52. The monoisotopic (exact) mass is 337 g/mol. The summed E-state index contributed by atoms with van der Waals surface area (Å²) in [6, 6.07) is 5.17. The molecule has 1 heterocycles. The summed E-state index contributed by atoms with van der Waals surface area (Å²) in [5.74, 6) is -0.948. The summed E-state index contributed by atoms with van der Waals surface area (Å²) in [5, 5.41) is 16.8. The summed E-state index contributed by atoms with van der Waals surface area (Å²) in [4.78, 5) is 11.2. The topological polar surface area (TPSA) is 67.2 Å². The zero-order chi connectivity index (χ0) is 14.7. The number of nitrogens with one attached hydrogen (secondary N) is 1. The normalized spacial score (nSPS) is 10.6. The van der Waals surface area contributed by atoms with Gasteiger partial charge in [0.15, 0.2) is 0 Å². The van der Waals surface area contributed by atoms with Crippen LogP contribution in [-0.2, 0) is 20.0 Å². The number of aromatic nitrogens is 2. The summed E-state index contributed by atoms with van der Waals surface area (Å²) in [6.07, 6.45) is 2.80. The van der Waals surface area contributed by atoms with Crippen LogP contribution < -0.4 is 5.32 Å². The Balaban J connectivity index is 2.20. The highest BCUT2D eigenvalue weighted by atomic mass is 79.9. The third kappa shape index (κ3) is 3.19. The molecule has 6 heteroatoms. The average molecular weight is 338 g/mol. The number of nitrogens with zero attached hydrogens (tertiary/aromatic N) is 2. The van der Waals surface area contributed by atoms with E-state index in [0.29, 0.717) is 12.2 Å². The van der Waals surface area contributed by atoms with Crippen LogP contribution >= 0.6 is 15.9 Å². The number of carboxylic acids is 1. The van der Waals surface area contributed by atoms with Crippen LogP contribution in [0.4, 0.5) is 5.69 Å². The van der Waals surface area contributed by atoms with E-state index >= 15 is 0 Å². The molecule has 0 bridgehead atoms. The Hall–Kier alpha value is -1.82. The van der Waals surface area contributed by atoms with Crippen molar-refractivity contribution in [3.8, 4) is 0 Å². The Morgan fingerprint density at radius 2 is 2.25 bits per heavy atom. The van der Waals surface area contributed by atoms with Crippen LogP contribution in [0.25, 0.3) is 0 Å². The van der Waals surface area contributed by atoms with E-state index in [2.05, 4.69) is 26.3 Å². The molecular weight excluding hydrogens is 322 g/mol. The fourth-order valence-electron chi connectivity index (χ4n) is 2.07. The molecule has 0 spiro atoms. The van der Waals surface area contributed by atoms with E-state index in [4.69, 9.17) is 0 Å². The van der Waals surface area contributed by atoms with Gasteiger partial charge in [0.2, 0.25) is 0 Å². The number of anilines is 1. The maximum Gasteiger partial charge on any atom is 0.337 e. The van der Waals surface area contributed by atoms with E-state index < -0.39 is 5.97 Å². The molecule has 1 aromatic heterocycles. The van der Waals surface area contributed by atoms with E-state index in [-0.39, 0.29) is 5.56 Å². The van der Waals surface area contributed by atoms with E-state index in [1.165, 1.54) is 0 Å². The molecule has 0 aliphatic carbocycles. The molecule has 0 amide bonds. The van der Waals surface area contributed by atoms with Crippen LogP contribution in [0.15, 0.2) is 28.9 Å². The lowest BCUT2D eigenvalue weighted by molar-refractivity contribution is 0.0698. The van der Waals surface area contributed by atoms with Gasteiger partial charge < -0.3 is 10.4 Å². The minimum absolute atomic E-state index is 0.251. The SMILES string of the molecule is CCc1nn(C)cc1CNc1ccc(Br)cc1C(=O)O. The van der Waals surface area contributed by atoms with E-state index in [1.807, 2.05) is 26.2 Å². The molecule has 0 fully saturated rings. The number of halogens is 1. The minimum Gasteiger partial charge on any atom is -0.478 e. The third-order valence-corrected chi connectivity index (χ3v) is 3.50. The number of carboxylic acid groups (broad SMARTS) is 1. The predicted molar refractivity (Wildman–Crippen MR) is 81.0 cm³/mol. The van der Waals surface area contributed by atoms with Gasteiger partial charge in [-0.1, -0.05) is 22.9 Å². The lowest BCUT2D eigenvalue weighted by Gasteiger charge is -2.09. The van der Waals surface area contributed by atoms with E-state index in [9.17, 15) is 9.90 Å². The number of carbonyl (C=O) groups is 1. The van der Waals surface area contributed by atoms with Gasteiger partial charge in [-0.2, -0.15) is 5.10 Å². The number of hydrogen-bond acceptors (Lipinski definition) is 3. The molecular formula is C14H16BrN3O2. The molecule has 0 saturated carbocycles. The van der Waals surface area contributed by atoms with Crippen molar-refractivity contribution in [2.45, 2.75) is 19.9 Å². The van der Waals surface area contributed by atoms with Crippen molar-refractivity contribution in [2.75, 3.05) is 5.32 Å². The summed E-state index contributed by atoms with van der Waals surface area (Å²) in [6.45, 7) is 2.60. The molecule has 2 rings (SSSR count). The first-order chi connectivity index (χ1) is 9.51. The highest BCUT2D eigenvalue weighted by Gasteiger charge is 2.12. The minimum atomic E-state index is -0.948. The van der Waals surface area contributed by atoms with Crippen molar-refractivity contribution in [3.63, 3.8) is 0 Å². The van der Waals surface area contributed by atoms with Gasteiger partial charge in [-0.15, -0.1) is 0 Å². The maximum atomic E-state index is 11.2. The Morgan fingerprint density at radius 1 is 1.50 bits per heavy atom. The van der Waals surface area contributed by atoms with Crippen LogP contribution in [0.3, 0.4) is 0 Å². The number of benzene rings is 1. The van der Waals surface area contributed by atoms with Crippen LogP contribution in [0, 0.1) is 0 Å². The smallest absolute Gasteiger partial charge is 0.337 e. The molecule has 0 saturated heterocycles. The summed E-state index contributed by atoms with van der Waals surface area (Å²) >= 11 is 3.28. The van der Waals surface area contributed by atoms with Gasteiger partial charge in [0.25, 0.3) is 0 Å². The average Bonchev–Trinajstić information content (AvgIpc) is 2.77. The number of hydrogen-bond donors (Lipinski definition) is 2. The molecule has 0 unspecified atom stereocenters. The standard InChI is InChI=1S/C14H16BrN3O2/c1-3-12-9(8-18(2)17-12)7-16-13-5-4-10(15)6-11(13)14(19)20/h4-6,8,16H,3,7H2,1-2H3,(H,19,20). The molecule has 0 aliphatic rings. The van der Waals surface area contributed by atoms with Gasteiger partial charge in [-0.3, -0.25) is 4.68 Å². The Bertz CT molecular complexity index is 637. The Morgan fingerprint density at radius 3 is 2.90 bits per heavy atom. The van der Waals surface area contributed by atoms with Crippen molar-refractivity contribution in [2.24, 2.45) is 7.05 Å². The highest BCUT2D eigenvalue weighted by Crippen LogP contribution is 2.22. The zero-order valence-corrected chi connectivity index (χ0v) is 12.9. The summed E-state index contributed by atoms with van der Waals surface area (Å²) in [7, 11) is 1.88. The molecule has 106 valence electrons. The van der Waals surface area contributed by atoms with Crippen LogP contribution in [0.1, 0.15) is 28.5 Å². The second-order valence-electron chi connectivity index (χ2n) is 4.48. The molecule has 5 nitrogen and oxygen atoms in total. The first kappa shape index (κ1) is 14.6. The van der Waals surface area contributed by atoms with Crippen molar-refractivity contribution >= 4 is 27.6 Å². The maximum absolute atomic E-state index is 11.2. The highest BCUT2D eigenvalue weighted by molar-refractivity contribution is 9.10. The molecule has 1 aromatic carbocycles. The Labute approximate surface area is 125 Å². The lowest BCUT2D eigenvalue weighted by atomic mass is 10.1. The second-order valence-corrected chi connectivity index (χ2v) is 5.39. The molecule has 0 aliphatic heterocycles. The van der Waals surface area contributed by atoms with Crippen LogP contribution in [0.2, 0.25) is 0 Å². The number of aryl methyl sites for hydroxylation is 2. The van der Waals surface area contributed by atoms with Crippen molar-refractivity contribution in [1.29, 1.82) is 0 Å². The van der Waals surface area contributed by atoms with Crippen molar-refractivity contribution in [1.82, 2.24) is 9.78 Å². The van der Waals surface area contributed by atoms with Gasteiger partial charge in [0, 0.05) is 35.5 Å². The van der Waals surface area contributed by atoms with Crippen LogP contribution in [-0.4, -0.2) is 20.9 Å². The van der Waals surface area contributed by atoms with Gasteiger partial charge in [-0.25, -0.2) is 4.79 Å². The van der Waals surface area contributed by atoms with Gasteiger partial charge in [-0.05, 0) is 24.6 Å². The first-order valence-electron chi connectivity index (χ1n) is 6.29. The fourth-order valence-corrected chi connectivity index (χ4v) is 2.43. The molecule has 0 radical (unpaired) electrons. The predicted octanol–water partition coefficient (Wildman–Crippen LogP) is 3.06. The van der Waals surface area contributed by atoms with Gasteiger partial charge >= 0.3 is 5.97 Å². The van der Waals surface area contributed by atoms with E-state index in [1.54, 1.807) is 16.8 Å². The van der Waals surface area contributed by atoms with Crippen LogP contribution in [0.5, 0.6) is 0 Å². The molecule has 2 N–H and O–H groups in total. The van der Waals surface area contributed by atoms with Crippen molar-refractivity contribution < 1.29 is 9.90 Å². The first-order valence-corrected chi connectivity index (χ1v) is 7.08. The van der Waals surface area contributed by atoms with Gasteiger partial charge in [0.1, 0.15) is 0 Å². The number of aromatic carboxylic acids is 1. The lowest BCUT2D eigenvalue weighted by Crippen LogP contribution is -2.07. The Kier molecular flexibility index (Phi) is 4.44. The summed E-state index contributed by atoms with van der Waals surface area (Å²) in [5.41, 5.74) is 2.95. The van der Waals surface area contributed by atoms with E-state index in [0.717, 1.165) is 22.2 Å². The molecule has 2 aromatic rings. The third-order valence-electron chi connectivity index (χ3n) is 3.01. The number of rotatable bonds is 5. The van der Waals surface area contributed by atoms with Crippen molar-refractivity contribution in [3.05, 3.63) is 45.7 Å². The molecule has 0 atom stereocenters.